The molecule has 1 atom stereocenters. The van der Waals surface area contributed by atoms with E-state index in [2.05, 4.69) is 15.5 Å². The predicted molar refractivity (Wildman–Crippen MR) is 60.9 cm³/mol. The molecular weight excluding hydrogens is 208 g/mol. The van der Waals surface area contributed by atoms with Gasteiger partial charge in [0.25, 0.3) is 5.56 Å². The van der Waals surface area contributed by atoms with Gasteiger partial charge in [-0.05, 0) is 12.0 Å². The average Bonchev–Trinajstić information content (AvgIpc) is 2.21. The summed E-state index contributed by atoms with van der Waals surface area (Å²) in [7, 11) is 0. The molecule has 16 heavy (non-hydrogen) atoms. The number of carbonyl (C=O) groups excluding carboxylic acids is 1. The number of rotatable bonds is 4. The van der Waals surface area contributed by atoms with Crippen molar-refractivity contribution in [3.63, 3.8) is 0 Å². The van der Waals surface area contributed by atoms with E-state index in [4.69, 9.17) is 5.73 Å². The number of H-pyrrole nitrogens is 1. The van der Waals surface area contributed by atoms with Gasteiger partial charge in [0.2, 0.25) is 5.91 Å². The van der Waals surface area contributed by atoms with Gasteiger partial charge in [-0.1, -0.05) is 13.8 Å². The molecule has 0 saturated carbocycles. The number of nitrogens with zero attached hydrogens (tertiary/aromatic N) is 1. The van der Waals surface area contributed by atoms with Crippen LogP contribution in [0.25, 0.3) is 0 Å². The lowest BCUT2D eigenvalue weighted by Crippen LogP contribution is -2.31. The summed E-state index contributed by atoms with van der Waals surface area (Å²) in [5, 5.41) is 8.44. The molecule has 0 aliphatic rings. The minimum atomic E-state index is -0.308. The van der Waals surface area contributed by atoms with Gasteiger partial charge in [-0.25, -0.2) is 5.10 Å². The summed E-state index contributed by atoms with van der Waals surface area (Å²) in [6.07, 6.45) is 0.235. The zero-order chi connectivity index (χ0) is 12.1. The Morgan fingerprint density at radius 2 is 2.25 bits per heavy atom. The number of nitrogens with one attached hydrogen (secondary N) is 2. The molecule has 0 fully saturated rings. The Bertz CT molecular complexity index is 393. The molecule has 1 aromatic rings. The lowest BCUT2D eigenvalue weighted by atomic mass is 10.0. The summed E-state index contributed by atoms with van der Waals surface area (Å²) in [4.78, 5) is 22.2. The Kier molecular flexibility index (Phi) is 4.19. The number of hydrogen-bond donors (Lipinski definition) is 3. The highest BCUT2D eigenvalue weighted by Gasteiger charge is 2.13. The molecule has 0 radical (unpaired) electrons. The van der Waals surface area contributed by atoms with Crippen LogP contribution in [0.5, 0.6) is 0 Å². The summed E-state index contributed by atoms with van der Waals surface area (Å²) in [6.45, 7) is 3.91. The summed E-state index contributed by atoms with van der Waals surface area (Å²) < 4.78 is 0. The number of aromatic amines is 1. The van der Waals surface area contributed by atoms with Crippen LogP contribution in [0.15, 0.2) is 16.9 Å². The second-order valence-corrected chi connectivity index (χ2v) is 3.97. The van der Waals surface area contributed by atoms with Gasteiger partial charge in [0.15, 0.2) is 5.82 Å². The minimum absolute atomic E-state index is 0.178. The van der Waals surface area contributed by atoms with E-state index >= 15 is 0 Å². The first kappa shape index (κ1) is 12.4. The zero-order valence-corrected chi connectivity index (χ0v) is 9.36. The van der Waals surface area contributed by atoms with Crippen LogP contribution in [0.2, 0.25) is 0 Å². The third-order valence-electron chi connectivity index (χ3n) is 2.22. The van der Waals surface area contributed by atoms with Gasteiger partial charge in [0.05, 0.1) is 0 Å². The zero-order valence-electron chi connectivity index (χ0n) is 9.36. The predicted octanol–water partition coefficient (Wildman–Crippen LogP) is 0.0818. The largest absolute Gasteiger partial charge is 0.327 e. The van der Waals surface area contributed by atoms with E-state index in [0.29, 0.717) is 5.82 Å². The van der Waals surface area contributed by atoms with Gasteiger partial charge in [0, 0.05) is 18.5 Å². The van der Waals surface area contributed by atoms with Crippen LogP contribution in [0.1, 0.15) is 20.3 Å². The molecule has 0 aliphatic heterocycles. The topological polar surface area (TPSA) is 101 Å². The summed E-state index contributed by atoms with van der Waals surface area (Å²) in [6, 6.07) is 2.56. The van der Waals surface area contributed by atoms with Crippen LogP contribution in [-0.4, -0.2) is 22.1 Å². The number of nitrogens with two attached hydrogens (primary N) is 1. The fourth-order valence-corrected chi connectivity index (χ4v) is 1.06. The number of hydrogen-bond acceptors (Lipinski definition) is 4. The molecular formula is C10H16N4O2. The highest BCUT2D eigenvalue weighted by molar-refractivity contribution is 5.90. The van der Waals surface area contributed by atoms with Crippen molar-refractivity contribution in [3.05, 3.63) is 22.5 Å². The lowest BCUT2D eigenvalue weighted by Gasteiger charge is -2.14. The summed E-state index contributed by atoms with van der Waals surface area (Å²) in [5.74, 6) is 0.357. The molecule has 6 nitrogen and oxygen atoms in total. The minimum Gasteiger partial charge on any atom is -0.327 e. The normalized spacial score (nSPS) is 12.5. The molecule has 1 aromatic heterocycles. The van der Waals surface area contributed by atoms with Crippen LogP contribution in [-0.2, 0) is 4.79 Å². The molecule has 0 aliphatic carbocycles. The van der Waals surface area contributed by atoms with Crippen molar-refractivity contribution in [2.45, 2.75) is 26.3 Å². The molecule has 88 valence electrons. The molecule has 6 heteroatoms. The van der Waals surface area contributed by atoms with Crippen LogP contribution < -0.4 is 16.6 Å². The number of amides is 1. The number of anilines is 1. The highest BCUT2D eigenvalue weighted by Crippen LogP contribution is 2.05. The quantitative estimate of drug-likeness (QED) is 0.674. The fourth-order valence-electron chi connectivity index (χ4n) is 1.06. The van der Waals surface area contributed by atoms with Crippen molar-refractivity contribution < 1.29 is 4.79 Å². The van der Waals surface area contributed by atoms with Gasteiger partial charge in [-0.15, -0.1) is 0 Å². The van der Waals surface area contributed by atoms with Gasteiger partial charge in [-0.2, -0.15) is 5.10 Å². The Balaban J connectivity index is 2.52. The number of carbonyl (C=O) groups is 1. The van der Waals surface area contributed by atoms with Gasteiger partial charge < -0.3 is 11.1 Å². The van der Waals surface area contributed by atoms with E-state index in [1.165, 1.54) is 12.1 Å². The first-order valence-corrected chi connectivity index (χ1v) is 5.10. The smallest absolute Gasteiger partial charge is 0.264 e. The fraction of sp³-hybridized carbons (Fsp3) is 0.500. The van der Waals surface area contributed by atoms with Crippen molar-refractivity contribution in [1.29, 1.82) is 0 Å². The first-order valence-electron chi connectivity index (χ1n) is 5.10. The van der Waals surface area contributed by atoms with E-state index in [1.807, 2.05) is 13.8 Å². The van der Waals surface area contributed by atoms with E-state index in [0.717, 1.165) is 0 Å². The van der Waals surface area contributed by atoms with Crippen LogP contribution in [0.4, 0.5) is 5.82 Å². The summed E-state index contributed by atoms with van der Waals surface area (Å²) in [5.41, 5.74) is 5.45. The van der Waals surface area contributed by atoms with E-state index in [-0.39, 0.29) is 29.8 Å². The Morgan fingerprint density at radius 1 is 1.56 bits per heavy atom. The van der Waals surface area contributed by atoms with E-state index in [9.17, 15) is 9.59 Å². The third-order valence-corrected chi connectivity index (χ3v) is 2.22. The second kappa shape index (κ2) is 5.41. The van der Waals surface area contributed by atoms with Crippen LogP contribution in [0.3, 0.4) is 0 Å². The van der Waals surface area contributed by atoms with Gasteiger partial charge in [-0.3, -0.25) is 9.59 Å². The molecule has 0 aromatic carbocycles. The molecule has 1 unspecified atom stereocenters. The SMILES string of the molecule is CC(C)C(N)CC(=O)Nc1ccc(=O)[nH]n1. The van der Waals surface area contributed by atoms with Crippen LogP contribution in [0, 0.1) is 5.92 Å². The molecule has 0 bridgehead atoms. The van der Waals surface area contributed by atoms with Crippen molar-refractivity contribution >= 4 is 11.7 Å². The highest BCUT2D eigenvalue weighted by atomic mass is 16.2. The second-order valence-electron chi connectivity index (χ2n) is 3.97. The maximum absolute atomic E-state index is 11.5. The van der Waals surface area contributed by atoms with Crippen LogP contribution >= 0.6 is 0 Å². The first-order chi connectivity index (χ1) is 7.49. The molecule has 1 rings (SSSR count). The van der Waals surface area contributed by atoms with E-state index in [1.54, 1.807) is 0 Å². The standard InChI is InChI=1S/C10H16N4O2/c1-6(2)7(11)5-10(16)12-8-3-4-9(15)14-13-8/h3-4,6-7H,5,11H2,1-2H3,(H,14,15)(H,12,13,16). The Labute approximate surface area is 93.2 Å². The van der Waals surface area contributed by atoms with Gasteiger partial charge in [0.1, 0.15) is 0 Å². The Morgan fingerprint density at radius 3 is 2.75 bits per heavy atom. The number of aromatic nitrogens is 2. The summed E-state index contributed by atoms with van der Waals surface area (Å²) >= 11 is 0. The van der Waals surface area contributed by atoms with Crippen molar-refractivity contribution in [3.8, 4) is 0 Å². The molecule has 0 saturated heterocycles. The third kappa shape index (κ3) is 3.82. The average molecular weight is 224 g/mol. The van der Waals surface area contributed by atoms with Crippen molar-refractivity contribution in [2.75, 3.05) is 5.32 Å². The molecule has 0 spiro atoms. The van der Waals surface area contributed by atoms with Gasteiger partial charge >= 0.3 is 0 Å². The van der Waals surface area contributed by atoms with E-state index < -0.39 is 0 Å². The monoisotopic (exact) mass is 224 g/mol. The maximum Gasteiger partial charge on any atom is 0.264 e. The molecule has 1 heterocycles. The lowest BCUT2D eigenvalue weighted by molar-refractivity contribution is -0.116. The molecule has 4 N–H and O–H groups in total. The van der Waals surface area contributed by atoms with Crippen molar-refractivity contribution in [1.82, 2.24) is 10.2 Å². The maximum atomic E-state index is 11.5. The molecule has 1 amide bonds. The van der Waals surface area contributed by atoms with Crippen molar-refractivity contribution in [2.24, 2.45) is 11.7 Å². The Hall–Kier alpha value is -1.69.